The van der Waals surface area contributed by atoms with Crippen molar-refractivity contribution in [2.24, 2.45) is 11.7 Å². The third-order valence-electron chi connectivity index (χ3n) is 7.15. The molecule has 4 rings (SSSR count). The molecule has 3 aromatic carbocycles. The molecule has 0 unspecified atom stereocenters. The van der Waals surface area contributed by atoms with Gasteiger partial charge in [-0.3, -0.25) is 15.6 Å². The van der Waals surface area contributed by atoms with Crippen molar-refractivity contribution in [1.29, 1.82) is 10.8 Å². The zero-order chi connectivity index (χ0) is 29.9. The predicted octanol–water partition coefficient (Wildman–Crippen LogP) is 5.98. The summed E-state index contributed by atoms with van der Waals surface area (Å²) in [6.45, 7) is 6.89. The van der Waals surface area contributed by atoms with Crippen LogP contribution in [0, 0.1) is 16.7 Å². The van der Waals surface area contributed by atoms with Crippen LogP contribution in [-0.4, -0.2) is 55.5 Å². The van der Waals surface area contributed by atoms with Gasteiger partial charge in [0.25, 0.3) is 5.91 Å². The van der Waals surface area contributed by atoms with Crippen LogP contribution in [0.25, 0.3) is 0 Å². The molecule has 9 heteroatoms. The van der Waals surface area contributed by atoms with Crippen LogP contribution in [-0.2, 0) is 16.1 Å². The molecule has 1 amide bonds. The minimum absolute atomic E-state index is 0.0594. The number of amides is 1. The van der Waals surface area contributed by atoms with E-state index in [9.17, 15) is 4.79 Å². The van der Waals surface area contributed by atoms with Crippen LogP contribution in [0.2, 0.25) is 0 Å². The summed E-state index contributed by atoms with van der Waals surface area (Å²) >= 11 is 0. The number of likely N-dealkylation sites (tertiary alicyclic amines) is 1. The number of benzene rings is 3. The van der Waals surface area contributed by atoms with Crippen molar-refractivity contribution in [2.45, 2.75) is 39.7 Å². The lowest BCUT2D eigenvalue weighted by Crippen LogP contribution is -2.38. The third-order valence-corrected chi connectivity index (χ3v) is 7.15. The van der Waals surface area contributed by atoms with E-state index in [1.807, 2.05) is 43.0 Å². The lowest BCUT2D eigenvalue weighted by molar-refractivity contribution is 0.0687. The SMILES string of the molecule is CCOC(=N)c1ccc(COc2cc(Oc3ccc(C(=N)OCC)cc3)cc(C(=O)N3CCC(CCN)CC3)c2)cc1. The smallest absolute Gasteiger partial charge is 0.254 e. The molecule has 0 saturated carbocycles. The number of nitrogens with two attached hydrogens (primary N) is 1. The summed E-state index contributed by atoms with van der Waals surface area (Å²) in [5, 5.41) is 15.9. The zero-order valence-electron chi connectivity index (χ0n) is 24.4. The van der Waals surface area contributed by atoms with Crippen molar-refractivity contribution < 1.29 is 23.7 Å². The number of piperidine rings is 1. The summed E-state index contributed by atoms with van der Waals surface area (Å²) in [5.74, 6) is 2.28. The Morgan fingerprint density at radius 3 is 1.95 bits per heavy atom. The van der Waals surface area contributed by atoms with E-state index in [0.29, 0.717) is 72.7 Å². The molecule has 9 nitrogen and oxygen atoms in total. The highest BCUT2D eigenvalue weighted by Gasteiger charge is 2.24. The number of nitrogens with one attached hydrogen (secondary N) is 2. The summed E-state index contributed by atoms with van der Waals surface area (Å²) in [6, 6.07) is 19.8. The maximum absolute atomic E-state index is 13.6. The molecule has 1 aliphatic rings. The van der Waals surface area contributed by atoms with Gasteiger partial charge in [-0.05, 0) is 99.7 Å². The molecule has 1 fully saturated rings. The maximum atomic E-state index is 13.6. The number of hydrogen-bond acceptors (Lipinski definition) is 8. The third kappa shape index (κ3) is 8.33. The molecule has 0 bridgehead atoms. The molecular formula is C33H40N4O5. The van der Waals surface area contributed by atoms with Gasteiger partial charge < -0.3 is 29.6 Å². The van der Waals surface area contributed by atoms with Crippen molar-refractivity contribution in [1.82, 2.24) is 4.90 Å². The van der Waals surface area contributed by atoms with Gasteiger partial charge in [0.15, 0.2) is 0 Å². The molecule has 3 aromatic rings. The average Bonchev–Trinajstić information content (AvgIpc) is 3.01. The molecular weight excluding hydrogens is 532 g/mol. The second kappa shape index (κ2) is 15.0. The number of rotatable bonds is 12. The first-order valence-electron chi connectivity index (χ1n) is 14.5. The number of carbonyl (C=O) groups excluding carboxylic acids is 1. The van der Waals surface area contributed by atoms with Crippen molar-refractivity contribution in [2.75, 3.05) is 32.8 Å². The van der Waals surface area contributed by atoms with E-state index in [1.54, 1.807) is 42.5 Å². The highest BCUT2D eigenvalue weighted by atomic mass is 16.5. The average molecular weight is 573 g/mol. The Kier molecular flexibility index (Phi) is 10.9. The Bertz CT molecular complexity index is 1350. The Morgan fingerprint density at radius 1 is 0.810 bits per heavy atom. The van der Waals surface area contributed by atoms with Crippen LogP contribution in [0.15, 0.2) is 66.7 Å². The van der Waals surface area contributed by atoms with Crippen LogP contribution in [0.3, 0.4) is 0 Å². The summed E-state index contributed by atoms with van der Waals surface area (Å²) in [4.78, 5) is 15.4. The van der Waals surface area contributed by atoms with Crippen LogP contribution in [0.4, 0.5) is 0 Å². The largest absolute Gasteiger partial charge is 0.489 e. The first-order valence-corrected chi connectivity index (χ1v) is 14.5. The highest BCUT2D eigenvalue weighted by molar-refractivity contribution is 5.95. The molecule has 1 aliphatic heterocycles. The molecule has 0 aromatic heterocycles. The minimum atomic E-state index is -0.0594. The van der Waals surface area contributed by atoms with Crippen molar-refractivity contribution >= 4 is 17.7 Å². The number of hydrogen-bond donors (Lipinski definition) is 3. The fourth-order valence-corrected chi connectivity index (χ4v) is 4.87. The van der Waals surface area contributed by atoms with E-state index >= 15 is 0 Å². The summed E-state index contributed by atoms with van der Waals surface area (Å²) in [5.41, 5.74) is 8.50. The van der Waals surface area contributed by atoms with Gasteiger partial charge in [0.05, 0.1) is 13.2 Å². The van der Waals surface area contributed by atoms with Crippen molar-refractivity contribution in [3.63, 3.8) is 0 Å². The molecule has 1 saturated heterocycles. The fourth-order valence-electron chi connectivity index (χ4n) is 4.87. The van der Waals surface area contributed by atoms with Gasteiger partial charge in [-0.25, -0.2) is 0 Å². The van der Waals surface area contributed by atoms with E-state index in [0.717, 1.165) is 24.8 Å². The van der Waals surface area contributed by atoms with Gasteiger partial charge in [-0.1, -0.05) is 12.1 Å². The van der Waals surface area contributed by atoms with Crippen LogP contribution in [0.1, 0.15) is 60.2 Å². The van der Waals surface area contributed by atoms with E-state index in [-0.39, 0.29) is 24.3 Å². The lowest BCUT2D eigenvalue weighted by Gasteiger charge is -2.32. The molecule has 0 spiro atoms. The van der Waals surface area contributed by atoms with Crippen LogP contribution < -0.4 is 15.2 Å². The maximum Gasteiger partial charge on any atom is 0.254 e. The topological polar surface area (TPSA) is 131 Å². The normalized spacial score (nSPS) is 13.4. The molecule has 0 atom stereocenters. The molecule has 222 valence electrons. The molecule has 1 heterocycles. The standard InChI is InChI=1S/C33H40N4O5/c1-3-39-31(35)25-7-5-24(6-8-25)22-41-29-19-27(33(38)37-17-14-23(13-16-34)15-18-37)20-30(21-29)42-28-11-9-26(10-12-28)32(36)40-4-2/h5-12,19-21,23,35-36H,3-4,13-18,22,34H2,1-2H3. The van der Waals surface area contributed by atoms with Gasteiger partial charge in [0.2, 0.25) is 11.8 Å². The number of ether oxygens (including phenoxy) is 4. The van der Waals surface area contributed by atoms with Gasteiger partial charge in [0, 0.05) is 35.8 Å². The first-order chi connectivity index (χ1) is 20.4. The van der Waals surface area contributed by atoms with E-state index < -0.39 is 0 Å². The minimum Gasteiger partial charge on any atom is -0.489 e. The highest BCUT2D eigenvalue weighted by Crippen LogP contribution is 2.30. The van der Waals surface area contributed by atoms with E-state index in [4.69, 9.17) is 35.5 Å². The summed E-state index contributed by atoms with van der Waals surface area (Å²) in [6.07, 6.45) is 2.88. The van der Waals surface area contributed by atoms with E-state index in [1.165, 1.54) is 0 Å². The second-order valence-electron chi connectivity index (χ2n) is 10.1. The second-order valence-corrected chi connectivity index (χ2v) is 10.1. The van der Waals surface area contributed by atoms with Crippen LogP contribution in [0.5, 0.6) is 17.2 Å². The van der Waals surface area contributed by atoms with Crippen LogP contribution >= 0.6 is 0 Å². The number of nitrogens with zero attached hydrogens (tertiary/aromatic N) is 1. The Morgan fingerprint density at radius 2 is 1.38 bits per heavy atom. The quantitative estimate of drug-likeness (QED) is 0.181. The van der Waals surface area contributed by atoms with Gasteiger partial charge in [-0.15, -0.1) is 0 Å². The predicted molar refractivity (Wildman–Crippen MR) is 163 cm³/mol. The molecule has 42 heavy (non-hydrogen) atoms. The Hall–Kier alpha value is -4.37. The Labute approximate surface area is 247 Å². The van der Waals surface area contributed by atoms with Gasteiger partial charge in [0.1, 0.15) is 23.9 Å². The first kappa shape index (κ1) is 30.6. The summed E-state index contributed by atoms with van der Waals surface area (Å²) in [7, 11) is 0. The fraction of sp³-hybridized carbons (Fsp3) is 0.364. The molecule has 0 aliphatic carbocycles. The van der Waals surface area contributed by atoms with Gasteiger partial charge in [-0.2, -0.15) is 0 Å². The van der Waals surface area contributed by atoms with Crippen molar-refractivity contribution in [3.05, 3.63) is 89.0 Å². The Balaban J connectivity index is 1.52. The monoisotopic (exact) mass is 572 g/mol. The van der Waals surface area contributed by atoms with E-state index in [2.05, 4.69) is 0 Å². The molecule has 0 radical (unpaired) electrons. The van der Waals surface area contributed by atoms with Crippen molar-refractivity contribution in [3.8, 4) is 17.2 Å². The van der Waals surface area contributed by atoms with Gasteiger partial charge >= 0.3 is 0 Å². The summed E-state index contributed by atoms with van der Waals surface area (Å²) < 4.78 is 22.8. The molecule has 4 N–H and O–H groups in total. The zero-order valence-corrected chi connectivity index (χ0v) is 24.4. The lowest BCUT2D eigenvalue weighted by atomic mass is 9.93. The number of carbonyl (C=O) groups is 1.